The summed E-state index contributed by atoms with van der Waals surface area (Å²) in [6.07, 6.45) is 11.8. The number of hydrogen-bond acceptors (Lipinski definition) is 0. The molecule has 2 aliphatic carbocycles. The van der Waals surface area contributed by atoms with Crippen molar-refractivity contribution in [1.82, 2.24) is 0 Å². The Hall–Kier alpha value is 0.293. The SMILES string of the molecule is CC1=[C-]C(C)(C)C(C)=C1C.CC[c-]1ccc(C2CCCCC2)c1.[Cl-].[Cl-].[Zr+4]. The zero-order chi connectivity index (χ0) is 17.0. The number of allylic oxidation sites excluding steroid dienone is 4. The molecule has 3 rings (SSSR count). The Morgan fingerprint density at radius 3 is 2.00 bits per heavy atom. The second kappa shape index (κ2) is 12.7. The van der Waals surface area contributed by atoms with Crippen LogP contribution in [0.2, 0.25) is 0 Å². The molecule has 2 aliphatic rings. The van der Waals surface area contributed by atoms with Gasteiger partial charge in [-0.25, -0.2) is 11.6 Å². The van der Waals surface area contributed by atoms with Crippen molar-refractivity contribution in [2.45, 2.75) is 86.0 Å². The molecule has 0 N–H and O–H groups in total. The summed E-state index contributed by atoms with van der Waals surface area (Å²) in [5.74, 6) is 0.883. The van der Waals surface area contributed by atoms with Crippen LogP contribution in [0.1, 0.15) is 90.7 Å². The summed E-state index contributed by atoms with van der Waals surface area (Å²) < 4.78 is 0. The minimum atomic E-state index is 0. The van der Waals surface area contributed by atoms with E-state index in [-0.39, 0.29) is 56.4 Å². The van der Waals surface area contributed by atoms with E-state index in [1.807, 2.05) is 0 Å². The summed E-state index contributed by atoms with van der Waals surface area (Å²) in [6, 6.07) is 7.05. The summed E-state index contributed by atoms with van der Waals surface area (Å²) in [7, 11) is 0. The molecule has 0 aliphatic heterocycles. The van der Waals surface area contributed by atoms with Gasteiger partial charge in [0.1, 0.15) is 0 Å². The predicted molar refractivity (Wildman–Crippen MR) is 102 cm³/mol. The molecule has 0 heterocycles. The maximum Gasteiger partial charge on any atom is 4.00 e. The van der Waals surface area contributed by atoms with E-state index >= 15 is 0 Å². The van der Waals surface area contributed by atoms with Crippen LogP contribution in [0.4, 0.5) is 0 Å². The van der Waals surface area contributed by atoms with E-state index in [4.69, 9.17) is 0 Å². The van der Waals surface area contributed by atoms with Gasteiger partial charge in [0.2, 0.25) is 0 Å². The van der Waals surface area contributed by atoms with Crippen molar-refractivity contribution in [3.8, 4) is 0 Å². The van der Waals surface area contributed by atoms with E-state index < -0.39 is 0 Å². The monoisotopic (exact) mass is 470 g/mol. The zero-order valence-corrected chi connectivity index (χ0v) is 21.3. The molecule has 0 atom stereocenters. The van der Waals surface area contributed by atoms with E-state index in [0.717, 1.165) is 5.92 Å². The van der Waals surface area contributed by atoms with Gasteiger partial charge < -0.3 is 24.8 Å². The van der Waals surface area contributed by atoms with Gasteiger partial charge in [0.15, 0.2) is 0 Å². The third kappa shape index (κ3) is 7.37. The first-order chi connectivity index (χ1) is 10.8. The molecule has 1 saturated carbocycles. The van der Waals surface area contributed by atoms with Crippen LogP contribution >= 0.6 is 0 Å². The van der Waals surface area contributed by atoms with E-state index in [1.54, 1.807) is 5.56 Å². The molecule has 0 amide bonds. The van der Waals surface area contributed by atoms with Gasteiger partial charge in [-0.2, -0.15) is 34.4 Å². The Bertz CT molecular complexity index is 587. The topological polar surface area (TPSA) is 0 Å². The van der Waals surface area contributed by atoms with Gasteiger partial charge in [-0.05, 0) is 0 Å². The molecule has 3 heteroatoms. The first-order valence-corrected chi connectivity index (χ1v) is 9.40. The standard InChI is InChI=1S/C13H19.C10H15.2ClH.Zr/c1-2-11-8-9-13(10-11)12-6-4-3-5-7-12;1-7-6-10(4,5)9(3)8(7)2;;;/h8-10,12H,2-7H2,1H3;1-5H3;2*1H;/q2*-1;;;+4/p-2. The van der Waals surface area contributed by atoms with Crippen molar-refractivity contribution in [3.05, 3.63) is 52.1 Å². The van der Waals surface area contributed by atoms with Gasteiger partial charge in [-0.3, -0.25) is 6.08 Å². The molecule has 0 bridgehead atoms. The zero-order valence-electron chi connectivity index (χ0n) is 17.3. The number of aryl methyl sites for hydroxylation is 1. The van der Waals surface area contributed by atoms with Crippen LogP contribution in [0.3, 0.4) is 0 Å². The third-order valence-electron chi connectivity index (χ3n) is 5.89. The van der Waals surface area contributed by atoms with Crippen molar-refractivity contribution >= 4 is 0 Å². The first-order valence-electron chi connectivity index (χ1n) is 9.40. The van der Waals surface area contributed by atoms with E-state index in [0.29, 0.717) is 0 Å². The molecule has 26 heavy (non-hydrogen) atoms. The summed E-state index contributed by atoms with van der Waals surface area (Å²) >= 11 is 0. The molecule has 0 radical (unpaired) electrons. The second-order valence-electron chi connectivity index (χ2n) is 7.87. The minimum Gasteiger partial charge on any atom is -1.00 e. The van der Waals surface area contributed by atoms with Crippen LogP contribution in [0.5, 0.6) is 0 Å². The fourth-order valence-corrected chi connectivity index (χ4v) is 3.83. The molecule has 144 valence electrons. The molecule has 0 saturated heterocycles. The van der Waals surface area contributed by atoms with Crippen LogP contribution < -0.4 is 24.8 Å². The largest absolute Gasteiger partial charge is 4.00 e. The van der Waals surface area contributed by atoms with Gasteiger partial charge in [0.25, 0.3) is 0 Å². The summed E-state index contributed by atoms with van der Waals surface area (Å²) in [5, 5.41) is 0. The maximum absolute atomic E-state index is 3.44. The molecule has 0 aromatic heterocycles. The van der Waals surface area contributed by atoms with Crippen LogP contribution in [-0.2, 0) is 32.6 Å². The van der Waals surface area contributed by atoms with Crippen molar-refractivity contribution in [2.75, 3.05) is 0 Å². The summed E-state index contributed by atoms with van der Waals surface area (Å²) in [5.41, 5.74) is 7.52. The van der Waals surface area contributed by atoms with Crippen molar-refractivity contribution in [1.29, 1.82) is 0 Å². The van der Waals surface area contributed by atoms with Gasteiger partial charge >= 0.3 is 26.2 Å². The van der Waals surface area contributed by atoms with Crippen LogP contribution in [0, 0.1) is 11.5 Å². The van der Waals surface area contributed by atoms with E-state index in [9.17, 15) is 0 Å². The fourth-order valence-electron chi connectivity index (χ4n) is 3.83. The van der Waals surface area contributed by atoms with Crippen molar-refractivity contribution in [3.63, 3.8) is 0 Å². The molecule has 1 aromatic carbocycles. The van der Waals surface area contributed by atoms with Crippen LogP contribution in [0.15, 0.2) is 34.9 Å². The molecule has 1 aromatic rings. The van der Waals surface area contributed by atoms with Crippen LogP contribution in [-0.4, -0.2) is 0 Å². The smallest absolute Gasteiger partial charge is 1.00 e. The second-order valence-corrected chi connectivity index (χ2v) is 7.87. The van der Waals surface area contributed by atoms with E-state index in [2.05, 4.69) is 65.8 Å². The van der Waals surface area contributed by atoms with Gasteiger partial charge in [-0.1, -0.05) is 84.5 Å². The summed E-state index contributed by atoms with van der Waals surface area (Å²) in [4.78, 5) is 0. The first kappa shape index (κ1) is 28.5. The fraction of sp³-hybridized carbons (Fsp3) is 0.609. The van der Waals surface area contributed by atoms with Crippen molar-refractivity contribution < 1.29 is 51.0 Å². The molecule has 0 nitrogen and oxygen atoms in total. The quantitative estimate of drug-likeness (QED) is 0.567. The summed E-state index contributed by atoms with van der Waals surface area (Å²) in [6.45, 7) is 13.2. The molecule has 0 unspecified atom stereocenters. The Morgan fingerprint density at radius 1 is 1.08 bits per heavy atom. The van der Waals surface area contributed by atoms with Gasteiger partial charge in [0, 0.05) is 0 Å². The maximum atomic E-state index is 3.44. The van der Waals surface area contributed by atoms with Gasteiger partial charge in [0.05, 0.1) is 0 Å². The average Bonchev–Trinajstić information content (AvgIpc) is 3.09. The number of halogens is 2. The van der Waals surface area contributed by atoms with Gasteiger partial charge in [-0.15, -0.1) is 6.92 Å². The van der Waals surface area contributed by atoms with Crippen LogP contribution in [0.25, 0.3) is 0 Å². The molecule has 1 fully saturated rings. The normalized spacial score (nSPS) is 18.6. The average molecular weight is 473 g/mol. The van der Waals surface area contributed by atoms with Crippen molar-refractivity contribution in [2.24, 2.45) is 5.41 Å². The predicted octanol–water partition coefficient (Wildman–Crippen LogP) is 1.13. The Balaban J connectivity index is 0. The Morgan fingerprint density at radius 2 is 1.65 bits per heavy atom. The third-order valence-corrected chi connectivity index (χ3v) is 5.89. The number of rotatable bonds is 2. The molecule has 0 spiro atoms. The van der Waals surface area contributed by atoms with E-state index in [1.165, 1.54) is 60.8 Å². The molecular formula is C23H34Cl2Zr. The minimum absolute atomic E-state index is 0. The number of hydrogen-bond donors (Lipinski definition) is 0. The Labute approximate surface area is 193 Å². The Kier molecular flexibility index (Phi) is 13.9. The molecular weight excluding hydrogens is 438 g/mol.